The van der Waals surface area contributed by atoms with Gasteiger partial charge < -0.3 is 14.4 Å². The van der Waals surface area contributed by atoms with Gasteiger partial charge in [0.1, 0.15) is 6.10 Å². The molecule has 2 fully saturated rings. The summed E-state index contributed by atoms with van der Waals surface area (Å²) >= 11 is 5.84. The average molecular weight is 248 g/mol. The monoisotopic (exact) mass is 247 g/mol. The Kier molecular flexibility index (Phi) is 4.44. The fraction of sp³-hybridized carbons (Fsp3) is 0.909. The smallest absolute Gasteiger partial charge is 0.252 e. The second-order valence-electron chi connectivity index (χ2n) is 4.27. The first kappa shape index (κ1) is 12.1. The number of hydrogen-bond acceptors (Lipinski definition) is 3. The van der Waals surface area contributed by atoms with E-state index < -0.39 is 0 Å². The number of carbonyl (C=O) groups excluding carboxylic acids is 1. The average Bonchev–Trinajstić information content (AvgIpc) is 2.39. The summed E-state index contributed by atoms with van der Waals surface area (Å²) in [6, 6.07) is 0.00782. The Bertz CT molecular complexity index is 243. The van der Waals surface area contributed by atoms with Crippen molar-refractivity contribution < 1.29 is 14.3 Å². The number of carbonyl (C=O) groups is 1. The van der Waals surface area contributed by atoms with Crippen molar-refractivity contribution in [2.45, 2.75) is 31.4 Å². The van der Waals surface area contributed by atoms with E-state index in [1.54, 1.807) is 0 Å². The van der Waals surface area contributed by atoms with Gasteiger partial charge in [0, 0.05) is 19.0 Å². The molecular weight excluding hydrogens is 230 g/mol. The predicted octanol–water partition coefficient (Wildman–Crippen LogP) is 1.02. The SMILES string of the molecule is O=C(C1CCCCO1)N1CCOCC1CCl. The van der Waals surface area contributed by atoms with Crippen LogP contribution in [0.15, 0.2) is 0 Å². The maximum absolute atomic E-state index is 12.2. The zero-order valence-corrected chi connectivity index (χ0v) is 10.1. The van der Waals surface area contributed by atoms with E-state index in [-0.39, 0.29) is 18.1 Å². The van der Waals surface area contributed by atoms with E-state index in [0.717, 1.165) is 19.3 Å². The van der Waals surface area contributed by atoms with Gasteiger partial charge in [-0.2, -0.15) is 0 Å². The van der Waals surface area contributed by atoms with Gasteiger partial charge >= 0.3 is 0 Å². The molecule has 0 bridgehead atoms. The minimum absolute atomic E-state index is 0.00782. The lowest BCUT2D eigenvalue weighted by Crippen LogP contribution is -2.53. The number of ether oxygens (including phenoxy) is 2. The zero-order valence-electron chi connectivity index (χ0n) is 9.36. The molecule has 4 nitrogen and oxygen atoms in total. The highest BCUT2D eigenvalue weighted by Gasteiger charge is 2.32. The van der Waals surface area contributed by atoms with Crippen LogP contribution in [0.2, 0.25) is 0 Å². The van der Waals surface area contributed by atoms with E-state index in [1.165, 1.54) is 0 Å². The minimum atomic E-state index is -0.252. The standard InChI is InChI=1S/C11H18ClNO3/c12-7-9-8-15-6-4-13(9)11(14)10-3-1-2-5-16-10/h9-10H,1-8H2. The molecule has 92 valence electrons. The van der Waals surface area contributed by atoms with Crippen LogP contribution in [0.25, 0.3) is 0 Å². The van der Waals surface area contributed by atoms with Crippen LogP contribution in [0.4, 0.5) is 0 Å². The van der Waals surface area contributed by atoms with Gasteiger partial charge in [0.25, 0.3) is 5.91 Å². The molecule has 2 atom stereocenters. The molecule has 16 heavy (non-hydrogen) atoms. The summed E-state index contributed by atoms with van der Waals surface area (Å²) in [5.74, 6) is 0.520. The third-order valence-corrected chi connectivity index (χ3v) is 3.50. The van der Waals surface area contributed by atoms with Gasteiger partial charge in [-0.05, 0) is 19.3 Å². The third-order valence-electron chi connectivity index (χ3n) is 3.14. The van der Waals surface area contributed by atoms with Crippen LogP contribution in [-0.4, -0.2) is 55.2 Å². The predicted molar refractivity (Wildman–Crippen MR) is 60.6 cm³/mol. The maximum Gasteiger partial charge on any atom is 0.252 e. The summed E-state index contributed by atoms with van der Waals surface area (Å²) in [6.45, 7) is 2.48. The first-order valence-corrected chi connectivity index (χ1v) is 6.42. The molecule has 2 saturated heterocycles. The summed E-state index contributed by atoms with van der Waals surface area (Å²) in [7, 11) is 0. The molecule has 5 heteroatoms. The van der Waals surface area contributed by atoms with E-state index in [2.05, 4.69) is 0 Å². The van der Waals surface area contributed by atoms with Gasteiger partial charge in [0.15, 0.2) is 0 Å². The minimum Gasteiger partial charge on any atom is -0.377 e. The largest absolute Gasteiger partial charge is 0.377 e. The summed E-state index contributed by atoms with van der Waals surface area (Å²) in [4.78, 5) is 14.0. The van der Waals surface area contributed by atoms with Crippen LogP contribution in [0.5, 0.6) is 0 Å². The number of amides is 1. The molecule has 2 heterocycles. The highest BCUT2D eigenvalue weighted by molar-refractivity contribution is 6.18. The van der Waals surface area contributed by atoms with Crippen molar-refractivity contribution in [3.05, 3.63) is 0 Å². The van der Waals surface area contributed by atoms with Gasteiger partial charge in [-0.25, -0.2) is 0 Å². The van der Waals surface area contributed by atoms with E-state index >= 15 is 0 Å². The molecule has 2 unspecified atom stereocenters. The van der Waals surface area contributed by atoms with Gasteiger partial charge in [0.2, 0.25) is 0 Å². The van der Waals surface area contributed by atoms with Crippen LogP contribution in [0.3, 0.4) is 0 Å². The number of hydrogen-bond donors (Lipinski definition) is 0. The Hall–Kier alpha value is -0.320. The summed E-state index contributed by atoms with van der Waals surface area (Å²) in [5.41, 5.74) is 0. The van der Waals surface area contributed by atoms with E-state index in [1.807, 2.05) is 4.90 Å². The number of nitrogens with zero attached hydrogens (tertiary/aromatic N) is 1. The molecule has 0 aromatic rings. The second-order valence-corrected chi connectivity index (χ2v) is 4.58. The van der Waals surface area contributed by atoms with Gasteiger partial charge in [-0.3, -0.25) is 4.79 Å². The van der Waals surface area contributed by atoms with Crippen LogP contribution >= 0.6 is 11.6 Å². The van der Waals surface area contributed by atoms with Crippen molar-refractivity contribution in [2.75, 3.05) is 32.2 Å². The summed E-state index contributed by atoms with van der Waals surface area (Å²) in [6.07, 6.45) is 2.72. The lowest BCUT2D eigenvalue weighted by Gasteiger charge is -2.37. The maximum atomic E-state index is 12.2. The molecule has 0 radical (unpaired) electrons. The Morgan fingerprint density at radius 3 is 2.94 bits per heavy atom. The van der Waals surface area contributed by atoms with Crippen molar-refractivity contribution in [3.63, 3.8) is 0 Å². The fourth-order valence-corrected chi connectivity index (χ4v) is 2.45. The van der Waals surface area contributed by atoms with E-state index in [9.17, 15) is 4.79 Å². The van der Waals surface area contributed by atoms with Crippen LogP contribution in [0, 0.1) is 0 Å². The molecule has 0 aromatic carbocycles. The molecule has 2 rings (SSSR count). The molecule has 0 aliphatic carbocycles. The Balaban J connectivity index is 1.95. The van der Waals surface area contributed by atoms with E-state index in [4.69, 9.17) is 21.1 Å². The molecular formula is C11H18ClNO3. The van der Waals surface area contributed by atoms with Crippen LogP contribution < -0.4 is 0 Å². The first-order valence-electron chi connectivity index (χ1n) is 5.88. The molecule has 0 aromatic heterocycles. The quantitative estimate of drug-likeness (QED) is 0.684. The van der Waals surface area contributed by atoms with Gasteiger partial charge in [-0.15, -0.1) is 11.6 Å². The lowest BCUT2D eigenvalue weighted by atomic mass is 10.1. The molecule has 2 aliphatic rings. The van der Waals surface area contributed by atoms with Crippen molar-refractivity contribution in [2.24, 2.45) is 0 Å². The number of morpholine rings is 1. The van der Waals surface area contributed by atoms with Crippen molar-refractivity contribution in [1.29, 1.82) is 0 Å². The first-order chi connectivity index (χ1) is 7.83. The Morgan fingerprint density at radius 2 is 2.25 bits per heavy atom. The molecule has 2 aliphatic heterocycles. The molecule has 0 spiro atoms. The number of halogens is 1. The Labute approximate surface area is 101 Å². The van der Waals surface area contributed by atoms with Gasteiger partial charge in [0.05, 0.1) is 19.3 Å². The third kappa shape index (κ3) is 2.67. The molecule has 0 saturated carbocycles. The van der Waals surface area contributed by atoms with E-state index in [0.29, 0.717) is 32.2 Å². The second kappa shape index (κ2) is 5.84. The number of rotatable bonds is 2. The highest BCUT2D eigenvalue weighted by atomic mass is 35.5. The fourth-order valence-electron chi connectivity index (χ4n) is 2.19. The van der Waals surface area contributed by atoms with Crippen molar-refractivity contribution in [3.8, 4) is 0 Å². The summed E-state index contributed by atoms with van der Waals surface area (Å²) < 4.78 is 10.8. The molecule has 1 amide bonds. The Morgan fingerprint density at radius 1 is 1.38 bits per heavy atom. The normalized spacial score (nSPS) is 31.4. The zero-order chi connectivity index (χ0) is 11.4. The highest BCUT2D eigenvalue weighted by Crippen LogP contribution is 2.18. The van der Waals surface area contributed by atoms with Crippen LogP contribution in [0.1, 0.15) is 19.3 Å². The van der Waals surface area contributed by atoms with Crippen LogP contribution in [-0.2, 0) is 14.3 Å². The van der Waals surface area contributed by atoms with Crippen molar-refractivity contribution >= 4 is 17.5 Å². The molecule has 0 N–H and O–H groups in total. The number of alkyl halides is 1. The van der Waals surface area contributed by atoms with Gasteiger partial charge in [-0.1, -0.05) is 0 Å². The summed E-state index contributed by atoms with van der Waals surface area (Å²) in [5, 5.41) is 0. The lowest BCUT2D eigenvalue weighted by molar-refractivity contribution is -0.154. The topological polar surface area (TPSA) is 38.8 Å². The van der Waals surface area contributed by atoms with Crippen molar-refractivity contribution in [1.82, 2.24) is 4.90 Å².